The number of nitrogens with zero attached hydrogens (tertiary/aromatic N) is 2. The molecule has 0 radical (unpaired) electrons. The Hall–Kier alpha value is -2.82. The Morgan fingerprint density at radius 2 is 2.05 bits per heavy atom. The van der Waals surface area contributed by atoms with Gasteiger partial charge in [0.25, 0.3) is 5.91 Å². The molecular weight excluding hydrogens is 278 g/mol. The molecule has 0 bridgehead atoms. The number of carbonyl (C=O) groups excluding carboxylic acids is 1. The van der Waals surface area contributed by atoms with E-state index in [0.29, 0.717) is 12.1 Å². The zero-order valence-electron chi connectivity index (χ0n) is 12.5. The number of nitrogens with one attached hydrogen (secondary N) is 1. The van der Waals surface area contributed by atoms with Crippen LogP contribution in [0.15, 0.2) is 48.8 Å². The molecule has 112 valence electrons. The van der Waals surface area contributed by atoms with E-state index in [0.717, 1.165) is 22.7 Å². The first-order chi connectivity index (χ1) is 10.7. The van der Waals surface area contributed by atoms with Crippen molar-refractivity contribution in [2.75, 3.05) is 7.11 Å². The van der Waals surface area contributed by atoms with E-state index in [1.807, 2.05) is 47.9 Å². The summed E-state index contributed by atoms with van der Waals surface area (Å²) < 4.78 is 7.13. The molecule has 1 N–H and O–H groups in total. The van der Waals surface area contributed by atoms with E-state index >= 15 is 0 Å². The molecule has 0 fully saturated rings. The van der Waals surface area contributed by atoms with Gasteiger partial charge in [-0.15, -0.1) is 0 Å². The third kappa shape index (κ3) is 2.79. The molecule has 0 unspecified atom stereocenters. The lowest BCUT2D eigenvalue weighted by molar-refractivity contribution is 0.0950. The maximum absolute atomic E-state index is 12.3. The molecule has 3 aromatic rings. The normalized spacial score (nSPS) is 10.6. The van der Waals surface area contributed by atoms with E-state index in [9.17, 15) is 4.79 Å². The number of hydrogen-bond donors (Lipinski definition) is 1. The number of pyridine rings is 1. The molecule has 2 heterocycles. The second-order valence-electron chi connectivity index (χ2n) is 5.06. The lowest BCUT2D eigenvalue weighted by Gasteiger charge is -2.09. The van der Waals surface area contributed by atoms with Gasteiger partial charge in [-0.1, -0.05) is 18.2 Å². The fourth-order valence-electron chi connectivity index (χ4n) is 2.38. The molecule has 1 amide bonds. The highest BCUT2D eigenvalue weighted by molar-refractivity contribution is 5.94. The van der Waals surface area contributed by atoms with E-state index in [1.54, 1.807) is 19.4 Å². The Morgan fingerprint density at radius 1 is 1.23 bits per heavy atom. The van der Waals surface area contributed by atoms with Gasteiger partial charge >= 0.3 is 0 Å². The first-order valence-corrected chi connectivity index (χ1v) is 7.03. The van der Waals surface area contributed by atoms with Gasteiger partial charge in [0.1, 0.15) is 11.4 Å². The molecule has 1 aromatic carbocycles. The van der Waals surface area contributed by atoms with Gasteiger partial charge in [-0.05, 0) is 25.1 Å². The number of imidazole rings is 1. The van der Waals surface area contributed by atoms with Crippen LogP contribution in [-0.4, -0.2) is 22.4 Å². The van der Waals surface area contributed by atoms with Gasteiger partial charge < -0.3 is 14.5 Å². The number of rotatable bonds is 4. The molecule has 3 rings (SSSR count). The van der Waals surface area contributed by atoms with Gasteiger partial charge in [0.05, 0.1) is 18.4 Å². The molecule has 0 aliphatic carbocycles. The third-order valence-electron chi connectivity index (χ3n) is 3.47. The molecule has 0 saturated heterocycles. The summed E-state index contributed by atoms with van der Waals surface area (Å²) in [5.74, 6) is 0.641. The number of hydrogen-bond acceptors (Lipinski definition) is 3. The van der Waals surface area contributed by atoms with Gasteiger partial charge in [-0.2, -0.15) is 0 Å². The van der Waals surface area contributed by atoms with E-state index in [4.69, 9.17) is 4.74 Å². The van der Waals surface area contributed by atoms with Crippen LogP contribution in [0.25, 0.3) is 5.65 Å². The number of carbonyl (C=O) groups is 1. The third-order valence-corrected chi connectivity index (χ3v) is 3.47. The maximum atomic E-state index is 12.3. The summed E-state index contributed by atoms with van der Waals surface area (Å²) in [4.78, 5) is 16.6. The van der Waals surface area contributed by atoms with Gasteiger partial charge in [0.2, 0.25) is 0 Å². The predicted molar refractivity (Wildman–Crippen MR) is 84.1 cm³/mol. The molecule has 0 aliphatic rings. The first-order valence-electron chi connectivity index (χ1n) is 7.03. The lowest BCUT2D eigenvalue weighted by Crippen LogP contribution is -2.23. The number of fused-ring (bicyclic) bond motifs is 1. The SMILES string of the molecule is COc1ccccc1CNC(=O)c1ccc2nc(C)cn2c1. The summed E-state index contributed by atoms with van der Waals surface area (Å²) in [6.45, 7) is 2.35. The van der Waals surface area contributed by atoms with E-state index in [-0.39, 0.29) is 5.91 Å². The number of amides is 1. The van der Waals surface area contributed by atoms with Crippen molar-refractivity contribution in [1.29, 1.82) is 0 Å². The number of aromatic nitrogens is 2. The number of para-hydroxylation sites is 1. The van der Waals surface area contributed by atoms with Crippen LogP contribution in [0.4, 0.5) is 0 Å². The highest BCUT2D eigenvalue weighted by atomic mass is 16.5. The van der Waals surface area contributed by atoms with Crippen LogP contribution in [0.2, 0.25) is 0 Å². The van der Waals surface area contributed by atoms with Crippen LogP contribution in [0.3, 0.4) is 0 Å². The Balaban J connectivity index is 1.75. The van der Waals surface area contributed by atoms with E-state index < -0.39 is 0 Å². The van der Waals surface area contributed by atoms with Crippen molar-refractivity contribution in [1.82, 2.24) is 14.7 Å². The predicted octanol–water partition coefficient (Wildman–Crippen LogP) is 2.58. The summed E-state index contributed by atoms with van der Waals surface area (Å²) in [6, 6.07) is 11.2. The lowest BCUT2D eigenvalue weighted by atomic mass is 10.2. The molecule has 0 spiro atoms. The van der Waals surface area contributed by atoms with Crippen molar-refractivity contribution >= 4 is 11.6 Å². The fraction of sp³-hybridized carbons (Fsp3) is 0.176. The monoisotopic (exact) mass is 295 g/mol. The number of aryl methyl sites for hydroxylation is 1. The Kier molecular flexibility index (Phi) is 3.78. The molecular formula is C17H17N3O2. The highest BCUT2D eigenvalue weighted by Crippen LogP contribution is 2.17. The van der Waals surface area contributed by atoms with Crippen molar-refractivity contribution in [3.63, 3.8) is 0 Å². The smallest absolute Gasteiger partial charge is 0.253 e. The highest BCUT2D eigenvalue weighted by Gasteiger charge is 2.09. The number of methoxy groups -OCH3 is 1. The maximum Gasteiger partial charge on any atom is 0.253 e. The van der Waals surface area contributed by atoms with Crippen LogP contribution >= 0.6 is 0 Å². The second kappa shape index (κ2) is 5.89. The van der Waals surface area contributed by atoms with Crippen LogP contribution in [-0.2, 0) is 6.54 Å². The Morgan fingerprint density at radius 3 is 2.86 bits per heavy atom. The molecule has 5 nitrogen and oxygen atoms in total. The minimum absolute atomic E-state index is 0.126. The van der Waals surface area contributed by atoms with Crippen LogP contribution in [0.1, 0.15) is 21.6 Å². The minimum Gasteiger partial charge on any atom is -0.496 e. The standard InChI is InChI=1S/C17H17N3O2/c1-12-10-20-11-14(7-8-16(20)19-12)17(21)18-9-13-5-3-4-6-15(13)22-2/h3-8,10-11H,9H2,1-2H3,(H,18,21). The molecule has 5 heteroatoms. The molecule has 0 atom stereocenters. The Bertz CT molecular complexity index is 824. The van der Waals surface area contributed by atoms with Crippen molar-refractivity contribution in [3.05, 3.63) is 65.6 Å². The largest absolute Gasteiger partial charge is 0.496 e. The second-order valence-corrected chi connectivity index (χ2v) is 5.06. The van der Waals surface area contributed by atoms with Crippen molar-refractivity contribution in [2.24, 2.45) is 0 Å². The van der Waals surface area contributed by atoms with Crippen molar-refractivity contribution in [2.45, 2.75) is 13.5 Å². The van der Waals surface area contributed by atoms with Crippen LogP contribution < -0.4 is 10.1 Å². The van der Waals surface area contributed by atoms with Crippen molar-refractivity contribution in [3.8, 4) is 5.75 Å². The quantitative estimate of drug-likeness (QED) is 0.805. The minimum atomic E-state index is -0.126. The summed E-state index contributed by atoms with van der Waals surface area (Å²) in [5, 5.41) is 2.91. The summed E-state index contributed by atoms with van der Waals surface area (Å²) >= 11 is 0. The molecule has 2 aromatic heterocycles. The van der Waals surface area contributed by atoms with E-state index in [1.165, 1.54) is 0 Å². The zero-order valence-corrected chi connectivity index (χ0v) is 12.5. The van der Waals surface area contributed by atoms with Crippen LogP contribution in [0, 0.1) is 6.92 Å². The number of ether oxygens (including phenoxy) is 1. The fourth-order valence-corrected chi connectivity index (χ4v) is 2.38. The average molecular weight is 295 g/mol. The topological polar surface area (TPSA) is 55.6 Å². The van der Waals surface area contributed by atoms with Crippen LogP contribution in [0.5, 0.6) is 5.75 Å². The summed E-state index contributed by atoms with van der Waals surface area (Å²) in [5.41, 5.74) is 3.29. The van der Waals surface area contributed by atoms with Gasteiger partial charge in [0.15, 0.2) is 0 Å². The molecule has 0 saturated carbocycles. The average Bonchev–Trinajstić information content (AvgIpc) is 2.91. The van der Waals surface area contributed by atoms with Gasteiger partial charge in [-0.25, -0.2) is 4.98 Å². The molecule has 0 aliphatic heterocycles. The zero-order chi connectivity index (χ0) is 15.5. The summed E-state index contributed by atoms with van der Waals surface area (Å²) in [6.07, 6.45) is 3.68. The number of benzene rings is 1. The summed E-state index contributed by atoms with van der Waals surface area (Å²) in [7, 11) is 1.62. The van der Waals surface area contributed by atoms with E-state index in [2.05, 4.69) is 10.3 Å². The van der Waals surface area contributed by atoms with Gasteiger partial charge in [0, 0.05) is 24.5 Å². The molecule has 22 heavy (non-hydrogen) atoms. The van der Waals surface area contributed by atoms with Crippen molar-refractivity contribution < 1.29 is 9.53 Å². The first kappa shape index (κ1) is 14.1. The van der Waals surface area contributed by atoms with Gasteiger partial charge in [-0.3, -0.25) is 4.79 Å². The Labute approximate surface area is 128 Å².